The van der Waals surface area contributed by atoms with Crippen molar-refractivity contribution in [2.45, 2.75) is 24.8 Å². The van der Waals surface area contributed by atoms with Gasteiger partial charge in [0.1, 0.15) is 4.90 Å². The van der Waals surface area contributed by atoms with Crippen LogP contribution in [0.15, 0.2) is 39.8 Å². The first-order valence-corrected chi connectivity index (χ1v) is 8.87. The van der Waals surface area contributed by atoms with Crippen molar-refractivity contribution in [1.29, 1.82) is 0 Å². The number of aryl methyl sites for hydroxylation is 1. The lowest BCUT2D eigenvalue weighted by atomic mass is 10.1. The predicted molar refractivity (Wildman–Crippen MR) is 87.9 cm³/mol. The standard InChI is InChI=1S/C14H18BrN3O2S/c1-3-10-6-11(15)4-5-14(10)18-21(19,20)13-7-12(8-16-2)17-9-13/h4-7,9,16-18H,3,8H2,1-2H3. The summed E-state index contributed by atoms with van der Waals surface area (Å²) >= 11 is 3.39. The van der Waals surface area contributed by atoms with E-state index in [9.17, 15) is 8.42 Å². The van der Waals surface area contributed by atoms with E-state index in [1.165, 1.54) is 6.20 Å². The number of halogens is 1. The fraction of sp³-hybridized carbons (Fsp3) is 0.286. The van der Waals surface area contributed by atoms with Gasteiger partial charge >= 0.3 is 0 Å². The van der Waals surface area contributed by atoms with Gasteiger partial charge in [0.15, 0.2) is 0 Å². The minimum atomic E-state index is -3.58. The molecule has 2 aromatic rings. The van der Waals surface area contributed by atoms with Crippen LogP contribution >= 0.6 is 15.9 Å². The zero-order chi connectivity index (χ0) is 15.5. The number of benzene rings is 1. The fourth-order valence-electron chi connectivity index (χ4n) is 2.02. The van der Waals surface area contributed by atoms with Crippen LogP contribution in [0.1, 0.15) is 18.2 Å². The van der Waals surface area contributed by atoms with Crippen molar-refractivity contribution in [2.75, 3.05) is 11.8 Å². The largest absolute Gasteiger partial charge is 0.363 e. The number of aromatic nitrogens is 1. The summed E-state index contributed by atoms with van der Waals surface area (Å²) in [7, 11) is -1.77. The second-order valence-electron chi connectivity index (χ2n) is 4.65. The van der Waals surface area contributed by atoms with Gasteiger partial charge in [-0.1, -0.05) is 22.9 Å². The molecule has 3 N–H and O–H groups in total. The molecular formula is C14H18BrN3O2S. The van der Waals surface area contributed by atoms with Crippen molar-refractivity contribution >= 4 is 31.6 Å². The van der Waals surface area contributed by atoms with Crippen LogP contribution in [0, 0.1) is 0 Å². The molecule has 1 aromatic heterocycles. The topological polar surface area (TPSA) is 74.0 Å². The van der Waals surface area contributed by atoms with E-state index in [0.717, 1.165) is 22.2 Å². The molecule has 1 aromatic carbocycles. The van der Waals surface area contributed by atoms with Crippen LogP contribution in [0.3, 0.4) is 0 Å². The number of hydrogen-bond acceptors (Lipinski definition) is 3. The quantitative estimate of drug-likeness (QED) is 0.730. The van der Waals surface area contributed by atoms with Crippen LogP contribution in [0.2, 0.25) is 0 Å². The third-order valence-electron chi connectivity index (χ3n) is 3.09. The summed E-state index contributed by atoms with van der Waals surface area (Å²) in [5.41, 5.74) is 2.38. The number of sulfonamides is 1. The first kappa shape index (κ1) is 16.1. The molecule has 0 saturated carbocycles. The molecule has 7 heteroatoms. The Bertz CT molecular complexity index is 726. The molecular weight excluding hydrogens is 354 g/mol. The van der Waals surface area contributed by atoms with Crippen LogP contribution < -0.4 is 10.0 Å². The van der Waals surface area contributed by atoms with E-state index < -0.39 is 10.0 Å². The Labute approximate surface area is 133 Å². The van der Waals surface area contributed by atoms with Gasteiger partial charge in [-0.3, -0.25) is 4.72 Å². The lowest BCUT2D eigenvalue weighted by molar-refractivity contribution is 0.601. The molecule has 0 unspecified atom stereocenters. The van der Waals surface area contributed by atoms with Gasteiger partial charge in [0.05, 0.1) is 5.69 Å². The van der Waals surface area contributed by atoms with Gasteiger partial charge in [-0.2, -0.15) is 0 Å². The summed E-state index contributed by atoms with van der Waals surface area (Å²) in [6.07, 6.45) is 2.24. The zero-order valence-corrected chi connectivity index (χ0v) is 14.3. The van der Waals surface area contributed by atoms with Crippen molar-refractivity contribution in [3.05, 3.63) is 46.2 Å². The lowest BCUT2D eigenvalue weighted by Crippen LogP contribution is -2.13. The van der Waals surface area contributed by atoms with Gasteiger partial charge in [-0.05, 0) is 43.3 Å². The predicted octanol–water partition coefficient (Wildman–Crippen LogP) is 2.86. The highest BCUT2D eigenvalue weighted by atomic mass is 79.9. The second-order valence-corrected chi connectivity index (χ2v) is 7.25. The molecule has 0 bridgehead atoms. The molecule has 0 saturated heterocycles. The van der Waals surface area contributed by atoms with Gasteiger partial charge < -0.3 is 10.3 Å². The molecule has 0 atom stereocenters. The van der Waals surface area contributed by atoms with Crippen LogP contribution in [0.4, 0.5) is 5.69 Å². The van der Waals surface area contributed by atoms with E-state index in [4.69, 9.17) is 0 Å². The van der Waals surface area contributed by atoms with Crippen molar-refractivity contribution < 1.29 is 8.42 Å². The highest BCUT2D eigenvalue weighted by Gasteiger charge is 2.17. The van der Waals surface area contributed by atoms with Crippen LogP contribution in [-0.4, -0.2) is 20.4 Å². The SMILES string of the molecule is CCc1cc(Br)ccc1NS(=O)(=O)c1c[nH]c(CNC)c1. The molecule has 0 amide bonds. The molecule has 0 aliphatic heterocycles. The summed E-state index contributed by atoms with van der Waals surface area (Å²) < 4.78 is 28.4. The molecule has 1 heterocycles. The molecule has 0 spiro atoms. The van der Waals surface area contributed by atoms with E-state index in [1.807, 2.05) is 26.1 Å². The molecule has 0 aliphatic carbocycles. The Morgan fingerprint density at radius 3 is 2.71 bits per heavy atom. The Kier molecular flexibility index (Phi) is 5.08. The van der Waals surface area contributed by atoms with Gasteiger partial charge in [0.25, 0.3) is 10.0 Å². The number of rotatable bonds is 6. The Morgan fingerprint density at radius 1 is 1.29 bits per heavy atom. The molecule has 0 aliphatic rings. The maximum atomic E-state index is 12.4. The Morgan fingerprint density at radius 2 is 2.05 bits per heavy atom. The number of hydrogen-bond donors (Lipinski definition) is 3. The summed E-state index contributed by atoms with van der Waals surface area (Å²) in [5.74, 6) is 0. The molecule has 5 nitrogen and oxygen atoms in total. The zero-order valence-electron chi connectivity index (χ0n) is 11.9. The molecule has 114 valence electrons. The summed E-state index contributed by atoms with van der Waals surface area (Å²) in [6.45, 7) is 2.58. The fourth-order valence-corrected chi connectivity index (χ4v) is 3.55. The Balaban J connectivity index is 2.28. The average Bonchev–Trinajstić information content (AvgIpc) is 2.90. The van der Waals surface area contributed by atoms with Gasteiger partial charge in [0, 0.05) is 22.9 Å². The molecule has 0 fully saturated rings. The number of aromatic amines is 1. The monoisotopic (exact) mass is 371 g/mol. The highest BCUT2D eigenvalue weighted by molar-refractivity contribution is 9.10. The van der Waals surface area contributed by atoms with Gasteiger partial charge in [-0.15, -0.1) is 0 Å². The second kappa shape index (κ2) is 6.64. The van der Waals surface area contributed by atoms with Crippen LogP contribution in [0.25, 0.3) is 0 Å². The Hall–Kier alpha value is -1.31. The van der Waals surface area contributed by atoms with Gasteiger partial charge in [0.2, 0.25) is 0 Å². The van der Waals surface area contributed by atoms with Crippen LogP contribution in [0.5, 0.6) is 0 Å². The van der Waals surface area contributed by atoms with Crippen molar-refractivity contribution in [1.82, 2.24) is 10.3 Å². The highest BCUT2D eigenvalue weighted by Crippen LogP contribution is 2.24. The minimum absolute atomic E-state index is 0.234. The van der Waals surface area contributed by atoms with Crippen molar-refractivity contribution in [3.63, 3.8) is 0 Å². The average molecular weight is 372 g/mol. The van der Waals surface area contributed by atoms with Gasteiger partial charge in [-0.25, -0.2) is 8.42 Å². The summed E-state index contributed by atoms with van der Waals surface area (Å²) in [4.78, 5) is 3.18. The van der Waals surface area contributed by atoms with E-state index in [1.54, 1.807) is 12.1 Å². The maximum absolute atomic E-state index is 12.4. The first-order chi connectivity index (χ1) is 9.96. The maximum Gasteiger partial charge on any atom is 0.263 e. The molecule has 2 rings (SSSR count). The van der Waals surface area contributed by atoms with E-state index >= 15 is 0 Å². The normalized spacial score (nSPS) is 11.6. The summed E-state index contributed by atoms with van der Waals surface area (Å²) in [5, 5.41) is 2.97. The van der Waals surface area contributed by atoms with E-state index in [2.05, 4.69) is 31.0 Å². The van der Waals surface area contributed by atoms with E-state index in [-0.39, 0.29) is 4.90 Å². The number of anilines is 1. The van der Waals surface area contributed by atoms with E-state index in [0.29, 0.717) is 12.2 Å². The van der Waals surface area contributed by atoms with Crippen LogP contribution in [-0.2, 0) is 23.0 Å². The summed E-state index contributed by atoms with van der Waals surface area (Å²) in [6, 6.07) is 7.13. The minimum Gasteiger partial charge on any atom is -0.363 e. The smallest absolute Gasteiger partial charge is 0.263 e. The number of H-pyrrole nitrogens is 1. The van der Waals surface area contributed by atoms with Crippen molar-refractivity contribution in [2.24, 2.45) is 0 Å². The third-order valence-corrected chi connectivity index (χ3v) is 4.92. The van der Waals surface area contributed by atoms with Crippen molar-refractivity contribution in [3.8, 4) is 0 Å². The number of nitrogens with one attached hydrogen (secondary N) is 3. The lowest BCUT2D eigenvalue weighted by Gasteiger charge is -2.11. The molecule has 21 heavy (non-hydrogen) atoms. The third kappa shape index (κ3) is 3.87. The first-order valence-electron chi connectivity index (χ1n) is 6.59. The molecule has 0 radical (unpaired) electrons.